The number of hydrogen-bond donors (Lipinski definition) is 2. The van der Waals surface area contributed by atoms with Crippen molar-refractivity contribution in [3.8, 4) is 0 Å². The van der Waals surface area contributed by atoms with E-state index in [2.05, 4.69) is 34.7 Å². The average molecular weight is 373 g/mol. The number of H-pyrrole nitrogens is 1. The van der Waals surface area contributed by atoms with Gasteiger partial charge in [0.15, 0.2) is 0 Å². The first-order valence-electron chi connectivity index (χ1n) is 9.31. The molecular weight excluding hydrogens is 347 g/mol. The van der Waals surface area contributed by atoms with E-state index in [0.717, 1.165) is 42.3 Å². The van der Waals surface area contributed by atoms with Crippen molar-refractivity contribution < 1.29 is 9.13 Å². The Morgan fingerprint density at radius 3 is 3.00 bits per heavy atom. The Kier molecular flexibility index (Phi) is 4.86. The van der Waals surface area contributed by atoms with Crippen LogP contribution in [-0.2, 0) is 16.7 Å². The van der Waals surface area contributed by atoms with Crippen LogP contribution >= 0.6 is 11.3 Å². The highest BCUT2D eigenvalue weighted by atomic mass is 32.1. The fourth-order valence-electron chi connectivity index (χ4n) is 4.23. The van der Waals surface area contributed by atoms with Crippen molar-refractivity contribution in [2.75, 3.05) is 13.7 Å². The Morgan fingerprint density at radius 1 is 1.38 bits per heavy atom. The standard InChI is InChI=1S/C21H25FN2OS/c1-3-21(23-2,19-5-4-12-26-19)10-8-18-20-15(9-11-25-18)16-13-14(22)6-7-17(16)24-20/h4-7,12-13,18,23-24H,3,8-11H2,1-2H3. The summed E-state index contributed by atoms with van der Waals surface area (Å²) in [7, 11) is 2.04. The first-order chi connectivity index (χ1) is 12.7. The molecule has 0 aliphatic carbocycles. The number of halogens is 1. The van der Waals surface area contributed by atoms with E-state index in [1.54, 1.807) is 17.4 Å². The van der Waals surface area contributed by atoms with Gasteiger partial charge in [-0.25, -0.2) is 4.39 Å². The van der Waals surface area contributed by atoms with Crippen LogP contribution < -0.4 is 5.32 Å². The van der Waals surface area contributed by atoms with E-state index in [0.29, 0.717) is 6.61 Å². The van der Waals surface area contributed by atoms with Crippen LogP contribution in [0, 0.1) is 5.82 Å². The largest absolute Gasteiger partial charge is 0.372 e. The van der Waals surface area contributed by atoms with E-state index in [1.807, 2.05) is 13.1 Å². The van der Waals surface area contributed by atoms with Crippen LogP contribution in [0.1, 0.15) is 48.4 Å². The lowest BCUT2D eigenvalue weighted by Gasteiger charge is -2.34. The van der Waals surface area contributed by atoms with E-state index in [-0.39, 0.29) is 17.5 Å². The quantitative estimate of drug-likeness (QED) is 0.617. The van der Waals surface area contributed by atoms with E-state index < -0.39 is 0 Å². The molecule has 0 saturated heterocycles. The van der Waals surface area contributed by atoms with Gasteiger partial charge in [-0.1, -0.05) is 13.0 Å². The maximum absolute atomic E-state index is 13.7. The Balaban J connectivity index is 1.61. The van der Waals surface area contributed by atoms with Crippen molar-refractivity contribution in [3.05, 3.63) is 57.7 Å². The molecule has 1 aliphatic rings. The van der Waals surface area contributed by atoms with Crippen LogP contribution in [0.25, 0.3) is 10.9 Å². The highest BCUT2D eigenvalue weighted by Gasteiger charge is 2.32. The molecule has 0 saturated carbocycles. The Hall–Kier alpha value is -1.69. The van der Waals surface area contributed by atoms with Crippen LogP contribution in [0.3, 0.4) is 0 Å². The molecule has 2 unspecified atom stereocenters. The van der Waals surface area contributed by atoms with Crippen LogP contribution in [0.4, 0.5) is 4.39 Å². The van der Waals surface area contributed by atoms with Crippen molar-refractivity contribution in [1.29, 1.82) is 0 Å². The first kappa shape index (κ1) is 17.7. The van der Waals surface area contributed by atoms with E-state index in [9.17, 15) is 4.39 Å². The molecule has 2 aromatic heterocycles. The van der Waals surface area contributed by atoms with Crippen LogP contribution in [0.5, 0.6) is 0 Å². The van der Waals surface area contributed by atoms with Gasteiger partial charge in [-0.3, -0.25) is 0 Å². The van der Waals surface area contributed by atoms with E-state index >= 15 is 0 Å². The number of nitrogens with one attached hydrogen (secondary N) is 2. The number of hydrogen-bond acceptors (Lipinski definition) is 3. The zero-order valence-corrected chi connectivity index (χ0v) is 16.1. The van der Waals surface area contributed by atoms with Gasteiger partial charge in [-0.2, -0.15) is 0 Å². The summed E-state index contributed by atoms with van der Waals surface area (Å²) in [5.41, 5.74) is 3.33. The highest BCUT2D eigenvalue weighted by molar-refractivity contribution is 7.10. The Morgan fingerprint density at radius 2 is 2.27 bits per heavy atom. The predicted octanol–water partition coefficient (Wildman–Crippen LogP) is 5.29. The number of ether oxygens (including phenoxy) is 1. The molecule has 0 spiro atoms. The van der Waals surface area contributed by atoms with Gasteiger partial charge in [0.05, 0.1) is 18.2 Å². The molecule has 3 heterocycles. The van der Waals surface area contributed by atoms with E-state index in [4.69, 9.17) is 4.74 Å². The lowest BCUT2D eigenvalue weighted by atomic mass is 9.86. The number of aromatic amines is 1. The van der Waals surface area contributed by atoms with Gasteiger partial charge in [0.1, 0.15) is 5.82 Å². The molecule has 3 aromatic rings. The Labute approximate surface area is 157 Å². The SMILES string of the molecule is CCC(CCC1OCCc2c1[nH]c1ccc(F)cc21)(NC)c1cccs1. The van der Waals surface area contributed by atoms with Crippen molar-refractivity contribution in [3.63, 3.8) is 0 Å². The Bertz CT molecular complexity index is 883. The molecule has 4 rings (SSSR count). The van der Waals surface area contributed by atoms with Gasteiger partial charge >= 0.3 is 0 Å². The highest BCUT2D eigenvalue weighted by Crippen LogP contribution is 2.40. The molecule has 3 nitrogen and oxygen atoms in total. The zero-order valence-electron chi connectivity index (χ0n) is 15.3. The van der Waals surface area contributed by atoms with Gasteiger partial charge in [0.2, 0.25) is 0 Å². The number of benzene rings is 1. The minimum atomic E-state index is -0.180. The third kappa shape index (κ3) is 2.98. The number of thiophene rings is 1. The van der Waals surface area contributed by atoms with Crippen molar-refractivity contribution in [1.82, 2.24) is 10.3 Å². The summed E-state index contributed by atoms with van der Waals surface area (Å²) >= 11 is 1.80. The normalized spacial score (nSPS) is 19.4. The lowest BCUT2D eigenvalue weighted by Crippen LogP contribution is -2.39. The second-order valence-electron chi connectivity index (χ2n) is 7.02. The summed E-state index contributed by atoms with van der Waals surface area (Å²) in [6.07, 6.45) is 3.82. The lowest BCUT2D eigenvalue weighted by molar-refractivity contribution is 0.0270. The monoisotopic (exact) mass is 372 g/mol. The number of rotatable bonds is 6. The molecule has 2 atom stereocenters. The molecule has 0 amide bonds. The maximum atomic E-state index is 13.7. The summed E-state index contributed by atoms with van der Waals surface area (Å²) < 4.78 is 19.8. The summed E-state index contributed by atoms with van der Waals surface area (Å²) in [5.74, 6) is -0.180. The average Bonchev–Trinajstić information content (AvgIpc) is 3.32. The van der Waals surface area contributed by atoms with Gasteiger partial charge in [-0.05, 0) is 67.9 Å². The summed E-state index contributed by atoms with van der Waals surface area (Å²) in [6.45, 7) is 2.92. The maximum Gasteiger partial charge on any atom is 0.123 e. The topological polar surface area (TPSA) is 37.0 Å². The molecule has 0 bridgehead atoms. The molecule has 5 heteroatoms. The van der Waals surface area contributed by atoms with Crippen molar-refractivity contribution in [2.24, 2.45) is 0 Å². The summed E-state index contributed by atoms with van der Waals surface area (Å²) in [4.78, 5) is 4.86. The second-order valence-corrected chi connectivity index (χ2v) is 7.97. The fraction of sp³-hybridized carbons (Fsp3) is 0.429. The number of fused-ring (bicyclic) bond motifs is 3. The molecule has 1 aliphatic heterocycles. The van der Waals surface area contributed by atoms with Crippen LogP contribution in [0.2, 0.25) is 0 Å². The fourth-order valence-corrected chi connectivity index (χ4v) is 5.26. The number of aromatic nitrogens is 1. The minimum absolute atomic E-state index is 0.0206. The van der Waals surface area contributed by atoms with Gasteiger partial charge in [0.25, 0.3) is 0 Å². The second kappa shape index (κ2) is 7.14. The van der Waals surface area contributed by atoms with Gasteiger partial charge in [0, 0.05) is 21.5 Å². The minimum Gasteiger partial charge on any atom is -0.372 e. The molecule has 0 fully saturated rings. The molecule has 2 N–H and O–H groups in total. The van der Waals surface area contributed by atoms with Crippen molar-refractivity contribution in [2.45, 2.75) is 44.2 Å². The molecule has 0 radical (unpaired) electrons. The van der Waals surface area contributed by atoms with Crippen LogP contribution in [-0.4, -0.2) is 18.6 Å². The first-order valence-corrected chi connectivity index (χ1v) is 10.2. The molecule has 26 heavy (non-hydrogen) atoms. The zero-order chi connectivity index (χ0) is 18.1. The third-order valence-electron chi connectivity index (χ3n) is 5.80. The predicted molar refractivity (Wildman–Crippen MR) is 105 cm³/mol. The van der Waals surface area contributed by atoms with Gasteiger partial charge in [-0.15, -0.1) is 11.3 Å². The van der Waals surface area contributed by atoms with E-state index in [1.165, 1.54) is 16.5 Å². The smallest absolute Gasteiger partial charge is 0.123 e. The summed E-state index contributed by atoms with van der Waals surface area (Å²) in [5, 5.41) is 6.70. The van der Waals surface area contributed by atoms with Crippen LogP contribution in [0.15, 0.2) is 35.7 Å². The van der Waals surface area contributed by atoms with Crippen molar-refractivity contribution >= 4 is 22.2 Å². The molecular formula is C21H25FN2OS. The molecule has 1 aromatic carbocycles. The van der Waals surface area contributed by atoms with Gasteiger partial charge < -0.3 is 15.0 Å². The molecule has 138 valence electrons. The summed E-state index contributed by atoms with van der Waals surface area (Å²) in [6, 6.07) is 9.31. The third-order valence-corrected chi connectivity index (χ3v) is 6.88.